The smallest absolute Gasteiger partial charge is 0.273 e. The number of amides is 1. The Labute approximate surface area is 141 Å². The van der Waals surface area contributed by atoms with Gasteiger partial charge in [0.1, 0.15) is 0 Å². The Morgan fingerprint density at radius 2 is 2.00 bits per heavy atom. The summed E-state index contributed by atoms with van der Waals surface area (Å²) in [5, 5.41) is 14.1. The first kappa shape index (κ1) is 17.6. The van der Waals surface area contributed by atoms with E-state index in [2.05, 4.69) is 10.3 Å². The number of carbonyl (C=O) groups excluding carboxylic acids is 1. The molecule has 0 unspecified atom stereocenters. The molecule has 126 valence electrons. The molecule has 0 bridgehead atoms. The van der Waals surface area contributed by atoms with Crippen molar-refractivity contribution >= 4 is 11.6 Å². The van der Waals surface area contributed by atoms with E-state index in [0.717, 1.165) is 5.69 Å². The molecule has 0 fully saturated rings. The lowest BCUT2D eigenvalue weighted by Gasteiger charge is -2.19. The Bertz CT molecular complexity index is 737. The molecule has 2 aromatic rings. The van der Waals surface area contributed by atoms with Crippen LogP contribution >= 0.6 is 0 Å². The van der Waals surface area contributed by atoms with Gasteiger partial charge in [-0.1, -0.05) is 32.9 Å². The molecule has 1 N–H and O–H groups in total. The number of nitrogens with zero attached hydrogens (tertiary/aromatic N) is 2. The number of nitro groups is 1. The molecule has 0 aliphatic carbocycles. The third kappa shape index (κ3) is 4.38. The molecule has 0 radical (unpaired) electrons. The summed E-state index contributed by atoms with van der Waals surface area (Å²) >= 11 is 0. The van der Waals surface area contributed by atoms with Crippen molar-refractivity contribution in [3.63, 3.8) is 0 Å². The second-order valence-corrected chi connectivity index (χ2v) is 6.57. The van der Waals surface area contributed by atoms with E-state index in [0.29, 0.717) is 18.5 Å². The van der Waals surface area contributed by atoms with Gasteiger partial charge in [-0.25, -0.2) is 0 Å². The number of nitro benzene ring substituents is 1. The topological polar surface area (TPSA) is 85.1 Å². The van der Waals surface area contributed by atoms with Crippen LogP contribution in [-0.2, 0) is 11.8 Å². The first-order chi connectivity index (χ1) is 11.3. The second-order valence-electron chi connectivity index (χ2n) is 6.57. The van der Waals surface area contributed by atoms with Crippen molar-refractivity contribution in [1.29, 1.82) is 0 Å². The van der Waals surface area contributed by atoms with Crippen molar-refractivity contribution in [2.24, 2.45) is 0 Å². The van der Waals surface area contributed by atoms with Gasteiger partial charge in [-0.15, -0.1) is 0 Å². The summed E-state index contributed by atoms with van der Waals surface area (Å²) in [6.07, 6.45) is 2.31. The van der Waals surface area contributed by atoms with Crippen LogP contribution in [0.2, 0.25) is 0 Å². The number of hydrogen-bond donors (Lipinski definition) is 1. The summed E-state index contributed by atoms with van der Waals surface area (Å²) in [5.74, 6) is -0.325. The van der Waals surface area contributed by atoms with Crippen LogP contribution in [0.3, 0.4) is 0 Å². The van der Waals surface area contributed by atoms with Gasteiger partial charge in [0.05, 0.1) is 4.92 Å². The number of nitrogens with one attached hydrogen (secondary N) is 1. The molecule has 1 amide bonds. The van der Waals surface area contributed by atoms with Crippen LogP contribution in [0.1, 0.15) is 42.4 Å². The van der Waals surface area contributed by atoms with Crippen molar-refractivity contribution in [2.45, 2.75) is 32.6 Å². The molecular weight excluding hydrogens is 306 g/mol. The molecular formula is C18H21N3O3. The summed E-state index contributed by atoms with van der Waals surface area (Å²) in [6.45, 7) is 6.14. The molecule has 0 spiro atoms. The maximum atomic E-state index is 12.2. The van der Waals surface area contributed by atoms with Crippen molar-refractivity contribution in [3.05, 3.63) is 69.5 Å². The summed E-state index contributed by atoms with van der Waals surface area (Å²) < 4.78 is 0. The lowest BCUT2D eigenvalue weighted by molar-refractivity contribution is -0.386. The van der Waals surface area contributed by atoms with Crippen LogP contribution in [0.5, 0.6) is 0 Å². The maximum absolute atomic E-state index is 12.2. The first-order valence-electron chi connectivity index (χ1n) is 7.76. The van der Waals surface area contributed by atoms with E-state index in [1.54, 1.807) is 18.3 Å². The molecule has 6 nitrogen and oxygen atoms in total. The fourth-order valence-electron chi connectivity index (χ4n) is 2.41. The van der Waals surface area contributed by atoms with E-state index in [1.165, 1.54) is 6.07 Å². The fourth-order valence-corrected chi connectivity index (χ4v) is 2.41. The highest BCUT2D eigenvalue weighted by atomic mass is 16.6. The lowest BCUT2D eigenvalue weighted by Crippen LogP contribution is -2.26. The second kappa shape index (κ2) is 7.21. The number of benzene rings is 1. The predicted octanol–water partition coefficient (Wildman–Crippen LogP) is 3.26. The van der Waals surface area contributed by atoms with Crippen molar-refractivity contribution in [3.8, 4) is 0 Å². The molecule has 6 heteroatoms. The molecule has 0 aliphatic heterocycles. The van der Waals surface area contributed by atoms with Crippen LogP contribution in [0.4, 0.5) is 5.69 Å². The van der Waals surface area contributed by atoms with Gasteiger partial charge in [0.25, 0.3) is 11.6 Å². The predicted molar refractivity (Wildman–Crippen MR) is 92.1 cm³/mol. The average Bonchev–Trinajstić information content (AvgIpc) is 2.54. The highest BCUT2D eigenvalue weighted by Crippen LogP contribution is 2.31. The van der Waals surface area contributed by atoms with Crippen molar-refractivity contribution in [1.82, 2.24) is 10.3 Å². The lowest BCUT2D eigenvalue weighted by atomic mass is 9.85. The Kier molecular flexibility index (Phi) is 5.28. The minimum Gasteiger partial charge on any atom is -0.352 e. The summed E-state index contributed by atoms with van der Waals surface area (Å²) in [5.41, 5.74) is 1.39. The van der Waals surface area contributed by atoms with Crippen LogP contribution in [0, 0.1) is 10.1 Å². The van der Waals surface area contributed by atoms with Crippen molar-refractivity contribution in [2.75, 3.05) is 6.54 Å². The van der Waals surface area contributed by atoms with E-state index in [4.69, 9.17) is 0 Å². The molecule has 1 heterocycles. The van der Waals surface area contributed by atoms with Crippen LogP contribution in [0.25, 0.3) is 0 Å². The van der Waals surface area contributed by atoms with Gasteiger partial charge in [-0.05, 0) is 23.6 Å². The average molecular weight is 327 g/mol. The number of pyridine rings is 1. The quantitative estimate of drug-likeness (QED) is 0.674. The molecule has 0 atom stereocenters. The molecule has 0 aliphatic rings. The number of carbonyl (C=O) groups is 1. The SMILES string of the molecule is CC(C)(C)c1ccc(C(=O)NCCc2ccccn2)cc1[N+](=O)[O-]. The molecule has 0 saturated heterocycles. The highest BCUT2D eigenvalue weighted by molar-refractivity contribution is 5.95. The molecule has 0 saturated carbocycles. The summed E-state index contributed by atoms with van der Waals surface area (Å²) in [7, 11) is 0. The van der Waals surface area contributed by atoms with Crippen LogP contribution in [-0.4, -0.2) is 22.4 Å². The number of hydrogen-bond acceptors (Lipinski definition) is 4. The van der Waals surface area contributed by atoms with Gasteiger partial charge in [0.2, 0.25) is 0 Å². The Hall–Kier alpha value is -2.76. The Morgan fingerprint density at radius 3 is 2.58 bits per heavy atom. The van der Waals surface area contributed by atoms with Crippen molar-refractivity contribution < 1.29 is 9.72 Å². The fraction of sp³-hybridized carbons (Fsp3) is 0.333. The Morgan fingerprint density at radius 1 is 1.25 bits per heavy atom. The van der Waals surface area contributed by atoms with Gasteiger partial charge < -0.3 is 5.32 Å². The molecule has 1 aromatic heterocycles. The van der Waals surface area contributed by atoms with E-state index in [-0.39, 0.29) is 22.6 Å². The third-order valence-corrected chi connectivity index (χ3v) is 3.66. The van der Waals surface area contributed by atoms with Gasteiger partial charge >= 0.3 is 0 Å². The first-order valence-corrected chi connectivity index (χ1v) is 7.76. The van der Waals surface area contributed by atoms with E-state index in [9.17, 15) is 14.9 Å². The zero-order valence-corrected chi connectivity index (χ0v) is 14.1. The number of aromatic nitrogens is 1. The van der Waals surface area contributed by atoms with Crippen LogP contribution < -0.4 is 5.32 Å². The number of rotatable bonds is 5. The summed E-state index contributed by atoms with van der Waals surface area (Å²) in [4.78, 5) is 27.3. The monoisotopic (exact) mass is 327 g/mol. The minimum atomic E-state index is -0.439. The van der Waals surface area contributed by atoms with Crippen LogP contribution in [0.15, 0.2) is 42.6 Å². The van der Waals surface area contributed by atoms with E-state index >= 15 is 0 Å². The van der Waals surface area contributed by atoms with E-state index in [1.807, 2.05) is 39.0 Å². The van der Waals surface area contributed by atoms with Gasteiger partial charge in [-0.2, -0.15) is 0 Å². The van der Waals surface area contributed by atoms with E-state index < -0.39 is 4.92 Å². The third-order valence-electron chi connectivity index (χ3n) is 3.66. The largest absolute Gasteiger partial charge is 0.352 e. The zero-order chi connectivity index (χ0) is 17.7. The molecule has 2 rings (SSSR count). The zero-order valence-electron chi connectivity index (χ0n) is 14.1. The summed E-state index contributed by atoms with van der Waals surface area (Å²) in [6, 6.07) is 10.2. The molecule has 1 aromatic carbocycles. The maximum Gasteiger partial charge on any atom is 0.273 e. The Balaban J connectivity index is 2.09. The normalized spacial score (nSPS) is 11.1. The van der Waals surface area contributed by atoms with Gasteiger partial charge in [0, 0.05) is 42.0 Å². The molecule has 24 heavy (non-hydrogen) atoms. The van der Waals surface area contributed by atoms with Gasteiger partial charge in [-0.3, -0.25) is 19.9 Å². The minimum absolute atomic E-state index is 0.0279. The standard InChI is InChI=1S/C18H21N3O3/c1-18(2,3)15-8-7-13(12-16(15)21(23)24)17(22)20-11-9-14-6-4-5-10-19-14/h4-8,10,12H,9,11H2,1-3H3,(H,20,22). The highest BCUT2D eigenvalue weighted by Gasteiger charge is 2.25. The van der Waals surface area contributed by atoms with Gasteiger partial charge in [0.15, 0.2) is 0 Å².